The first kappa shape index (κ1) is 16.8. The predicted molar refractivity (Wildman–Crippen MR) is 87.2 cm³/mol. The van der Waals surface area contributed by atoms with E-state index < -0.39 is 12.0 Å². The first-order valence-electron chi connectivity index (χ1n) is 8.46. The Balaban J connectivity index is 1.67. The quantitative estimate of drug-likeness (QED) is 0.864. The lowest BCUT2D eigenvalue weighted by Crippen LogP contribution is -2.44. The minimum absolute atomic E-state index is 0.0433. The van der Waals surface area contributed by atoms with Crippen LogP contribution >= 0.6 is 0 Å². The number of ether oxygens (including phenoxy) is 2. The second kappa shape index (κ2) is 7.21. The summed E-state index contributed by atoms with van der Waals surface area (Å²) in [5.74, 6) is -0.484. The Morgan fingerprint density at radius 1 is 1.17 bits per heavy atom. The number of hydrogen-bond donors (Lipinski definition) is 1. The third kappa shape index (κ3) is 3.87. The molecule has 1 unspecified atom stereocenters. The highest BCUT2D eigenvalue weighted by molar-refractivity contribution is 5.97. The molecule has 1 aromatic rings. The Labute approximate surface area is 141 Å². The summed E-state index contributed by atoms with van der Waals surface area (Å²) < 4.78 is 11.2. The Morgan fingerprint density at radius 3 is 2.33 bits per heavy atom. The Hall–Kier alpha value is -2.08. The number of amides is 1. The van der Waals surface area contributed by atoms with E-state index in [1.54, 1.807) is 31.2 Å². The van der Waals surface area contributed by atoms with E-state index in [-0.39, 0.29) is 18.1 Å². The summed E-state index contributed by atoms with van der Waals surface area (Å²) >= 11 is 0. The van der Waals surface area contributed by atoms with Crippen molar-refractivity contribution < 1.29 is 24.2 Å². The zero-order chi connectivity index (χ0) is 17.1. The number of rotatable bonds is 6. The molecule has 1 aliphatic heterocycles. The van der Waals surface area contributed by atoms with Gasteiger partial charge in [0.2, 0.25) is 0 Å². The van der Waals surface area contributed by atoms with E-state index in [0.717, 1.165) is 31.4 Å². The average Bonchev–Trinajstić information content (AvgIpc) is 3.41. The molecule has 1 aliphatic carbocycles. The maximum Gasteiger partial charge on any atom is 0.326 e. The summed E-state index contributed by atoms with van der Waals surface area (Å²) in [7, 11) is 0. The van der Waals surface area contributed by atoms with Crippen LogP contribution in [0.4, 0.5) is 0 Å². The minimum Gasteiger partial charge on any atom is -0.490 e. The smallest absolute Gasteiger partial charge is 0.326 e. The second-order valence-corrected chi connectivity index (χ2v) is 6.41. The zero-order valence-electron chi connectivity index (χ0n) is 13.8. The van der Waals surface area contributed by atoms with Gasteiger partial charge in [-0.2, -0.15) is 0 Å². The third-order valence-corrected chi connectivity index (χ3v) is 4.52. The average molecular weight is 333 g/mol. The van der Waals surface area contributed by atoms with Gasteiger partial charge in [-0.15, -0.1) is 0 Å². The summed E-state index contributed by atoms with van der Waals surface area (Å²) in [6, 6.07) is 6.20. The third-order valence-electron chi connectivity index (χ3n) is 4.52. The topological polar surface area (TPSA) is 76.1 Å². The fourth-order valence-electron chi connectivity index (χ4n) is 2.94. The number of nitrogens with zero attached hydrogens (tertiary/aromatic N) is 1. The van der Waals surface area contributed by atoms with Crippen LogP contribution in [0.25, 0.3) is 0 Å². The Kier molecular flexibility index (Phi) is 5.04. The monoisotopic (exact) mass is 333 g/mol. The lowest BCUT2D eigenvalue weighted by Gasteiger charge is -2.27. The van der Waals surface area contributed by atoms with Crippen molar-refractivity contribution in [2.45, 2.75) is 50.8 Å². The highest BCUT2D eigenvalue weighted by Gasteiger charge is 2.38. The van der Waals surface area contributed by atoms with Crippen LogP contribution < -0.4 is 4.74 Å². The van der Waals surface area contributed by atoms with Crippen LogP contribution in [0.5, 0.6) is 5.75 Å². The summed E-state index contributed by atoms with van der Waals surface area (Å²) in [5, 5.41) is 9.23. The van der Waals surface area contributed by atoms with Gasteiger partial charge in [0.25, 0.3) is 5.91 Å². The summed E-state index contributed by atoms with van der Waals surface area (Å²) in [6.07, 6.45) is 3.62. The van der Waals surface area contributed by atoms with Crippen molar-refractivity contribution in [1.82, 2.24) is 4.90 Å². The first-order valence-corrected chi connectivity index (χ1v) is 8.46. The minimum atomic E-state index is -0.977. The number of carboxylic acid groups (broad SMARTS) is 1. The molecule has 1 saturated carbocycles. The van der Waals surface area contributed by atoms with Crippen molar-refractivity contribution in [2.75, 3.05) is 13.2 Å². The van der Waals surface area contributed by atoms with Crippen molar-refractivity contribution in [3.8, 4) is 5.75 Å². The van der Waals surface area contributed by atoms with Gasteiger partial charge in [0.05, 0.1) is 13.2 Å². The molecule has 0 bridgehead atoms. The predicted octanol–water partition coefficient (Wildman–Crippen LogP) is 2.32. The molecule has 0 spiro atoms. The first-order chi connectivity index (χ1) is 11.6. The maximum atomic E-state index is 12.7. The molecule has 2 aliphatic rings. The summed E-state index contributed by atoms with van der Waals surface area (Å²) in [4.78, 5) is 25.4. The lowest BCUT2D eigenvalue weighted by atomic mass is 10.1. The summed E-state index contributed by atoms with van der Waals surface area (Å²) in [5.41, 5.74) is 0.495. The molecule has 6 heteroatoms. The molecule has 1 N–H and O–H groups in total. The van der Waals surface area contributed by atoms with E-state index >= 15 is 0 Å². The van der Waals surface area contributed by atoms with Gasteiger partial charge in [0.1, 0.15) is 17.9 Å². The number of carbonyl (C=O) groups excluding carboxylic acids is 1. The molecule has 0 aromatic heterocycles. The van der Waals surface area contributed by atoms with Gasteiger partial charge < -0.3 is 19.5 Å². The van der Waals surface area contributed by atoms with Crippen molar-refractivity contribution >= 4 is 11.9 Å². The number of aliphatic carboxylic acids is 1. The van der Waals surface area contributed by atoms with Gasteiger partial charge >= 0.3 is 5.97 Å². The molecule has 1 saturated heterocycles. The number of hydrogen-bond acceptors (Lipinski definition) is 4. The fraction of sp³-hybridized carbons (Fsp3) is 0.556. The molecule has 1 amide bonds. The van der Waals surface area contributed by atoms with E-state index in [0.29, 0.717) is 18.8 Å². The standard InChI is InChI=1S/C18H23NO5/c1-12(18(21)22)19(14-4-5-14)17(20)13-2-6-15(7-3-13)24-16-8-10-23-11-9-16/h2-3,6-7,12,14,16H,4-5,8-11H2,1H3,(H,21,22). The molecule has 3 rings (SSSR count). The molecule has 1 heterocycles. The largest absolute Gasteiger partial charge is 0.490 e. The lowest BCUT2D eigenvalue weighted by molar-refractivity contribution is -0.141. The number of carboxylic acids is 1. The van der Waals surface area contributed by atoms with E-state index in [1.165, 1.54) is 4.90 Å². The van der Waals surface area contributed by atoms with E-state index in [4.69, 9.17) is 9.47 Å². The molecule has 1 atom stereocenters. The van der Waals surface area contributed by atoms with Crippen LogP contribution in [-0.2, 0) is 9.53 Å². The maximum absolute atomic E-state index is 12.7. The van der Waals surface area contributed by atoms with Gasteiger partial charge in [0.15, 0.2) is 0 Å². The van der Waals surface area contributed by atoms with Crippen molar-refractivity contribution in [3.63, 3.8) is 0 Å². The van der Waals surface area contributed by atoms with Crippen LogP contribution in [0, 0.1) is 0 Å². The van der Waals surface area contributed by atoms with Crippen molar-refractivity contribution in [1.29, 1.82) is 0 Å². The normalized spacial score (nSPS) is 19.5. The molecule has 6 nitrogen and oxygen atoms in total. The highest BCUT2D eigenvalue weighted by Crippen LogP contribution is 2.30. The Morgan fingerprint density at radius 2 is 1.79 bits per heavy atom. The van der Waals surface area contributed by atoms with Crippen LogP contribution in [-0.4, -0.2) is 53.3 Å². The van der Waals surface area contributed by atoms with Crippen LogP contribution in [0.2, 0.25) is 0 Å². The van der Waals surface area contributed by atoms with Gasteiger partial charge in [-0.1, -0.05) is 0 Å². The van der Waals surface area contributed by atoms with Gasteiger partial charge in [-0.05, 0) is 44.0 Å². The van der Waals surface area contributed by atoms with Crippen molar-refractivity contribution in [3.05, 3.63) is 29.8 Å². The van der Waals surface area contributed by atoms with Gasteiger partial charge in [0, 0.05) is 24.4 Å². The van der Waals surface area contributed by atoms with Crippen LogP contribution in [0.3, 0.4) is 0 Å². The van der Waals surface area contributed by atoms with E-state index in [1.807, 2.05) is 0 Å². The number of benzene rings is 1. The SMILES string of the molecule is CC(C(=O)O)N(C(=O)c1ccc(OC2CCOCC2)cc1)C1CC1. The van der Waals surface area contributed by atoms with Gasteiger partial charge in [-0.25, -0.2) is 4.79 Å². The van der Waals surface area contributed by atoms with Crippen molar-refractivity contribution in [2.24, 2.45) is 0 Å². The molecule has 2 fully saturated rings. The molecular weight excluding hydrogens is 310 g/mol. The van der Waals surface area contributed by atoms with E-state index in [2.05, 4.69) is 0 Å². The van der Waals surface area contributed by atoms with Crippen LogP contribution in [0.1, 0.15) is 43.0 Å². The van der Waals surface area contributed by atoms with E-state index in [9.17, 15) is 14.7 Å². The Bertz CT molecular complexity index is 590. The van der Waals surface area contributed by atoms with Gasteiger partial charge in [-0.3, -0.25) is 4.79 Å². The number of carbonyl (C=O) groups is 2. The van der Waals surface area contributed by atoms with Crippen LogP contribution in [0.15, 0.2) is 24.3 Å². The highest BCUT2D eigenvalue weighted by atomic mass is 16.5. The molecule has 24 heavy (non-hydrogen) atoms. The fourth-order valence-corrected chi connectivity index (χ4v) is 2.94. The summed E-state index contributed by atoms with van der Waals surface area (Å²) in [6.45, 7) is 2.98. The zero-order valence-corrected chi connectivity index (χ0v) is 13.8. The molecule has 1 aromatic carbocycles. The molecular formula is C18H23NO5. The second-order valence-electron chi connectivity index (χ2n) is 6.41. The molecule has 130 valence electrons. The molecule has 0 radical (unpaired) electrons.